The second-order valence-electron chi connectivity index (χ2n) is 5.68. The van der Waals surface area contributed by atoms with E-state index in [1.165, 1.54) is 6.20 Å². The maximum atomic E-state index is 12.5. The number of nitrogens with two attached hydrogens (primary N) is 1. The van der Waals surface area contributed by atoms with Crippen molar-refractivity contribution in [1.29, 1.82) is 0 Å². The summed E-state index contributed by atoms with van der Waals surface area (Å²) < 4.78 is 33.2. The smallest absolute Gasteiger partial charge is 0.260 e. The first-order valence-electron chi connectivity index (χ1n) is 6.88. The first kappa shape index (κ1) is 16.2. The van der Waals surface area contributed by atoms with Gasteiger partial charge < -0.3 is 10.2 Å². The molecule has 8 heteroatoms. The Kier molecular flexibility index (Phi) is 4.52. The molecule has 0 aromatic carbocycles. The van der Waals surface area contributed by atoms with Crippen molar-refractivity contribution in [2.45, 2.75) is 44.4 Å². The number of nitrogens with one attached hydrogen (secondary N) is 2. The lowest BCUT2D eigenvalue weighted by Crippen LogP contribution is -2.62. The quantitative estimate of drug-likeness (QED) is 0.531. The number of hydrogen-bond acceptors (Lipinski definition) is 6. The average Bonchev–Trinajstić information content (AvgIpc) is 2.46. The van der Waals surface area contributed by atoms with Crippen LogP contribution in [0.3, 0.4) is 0 Å². The van der Waals surface area contributed by atoms with Crippen LogP contribution in [0.25, 0.3) is 0 Å². The van der Waals surface area contributed by atoms with Crippen LogP contribution in [-0.4, -0.2) is 32.2 Å². The predicted octanol–water partition coefficient (Wildman–Crippen LogP) is 0.849. The van der Waals surface area contributed by atoms with Gasteiger partial charge in [-0.1, -0.05) is 13.8 Å². The predicted molar refractivity (Wildman–Crippen MR) is 80.0 cm³/mol. The third-order valence-electron chi connectivity index (χ3n) is 4.02. The van der Waals surface area contributed by atoms with Crippen LogP contribution < -0.4 is 16.0 Å². The minimum absolute atomic E-state index is 0.0611. The molecular formula is C13H22N4O3S. The van der Waals surface area contributed by atoms with E-state index in [1.54, 1.807) is 12.1 Å². The molecule has 2 rings (SSSR count). The molecule has 1 saturated carbocycles. The summed E-state index contributed by atoms with van der Waals surface area (Å²) in [5.41, 5.74) is 2.37. The Morgan fingerprint density at radius 1 is 1.52 bits per heavy atom. The number of anilines is 1. The molecule has 2 atom stereocenters. The van der Waals surface area contributed by atoms with Gasteiger partial charge in [0.2, 0.25) is 0 Å². The molecule has 1 aromatic heterocycles. The Bertz CT molecular complexity index is 603. The van der Waals surface area contributed by atoms with Gasteiger partial charge >= 0.3 is 0 Å². The third kappa shape index (κ3) is 3.03. The number of pyridine rings is 1. The van der Waals surface area contributed by atoms with E-state index in [-0.39, 0.29) is 28.3 Å². The molecular weight excluding hydrogens is 292 g/mol. The zero-order chi connectivity index (χ0) is 15.7. The summed E-state index contributed by atoms with van der Waals surface area (Å²) in [5, 5.41) is -0.0943. The largest absolute Gasteiger partial charge is 0.378 e. The Balaban J connectivity index is 2.16. The normalized spacial score (nSPS) is 24.4. The lowest BCUT2D eigenvalue weighted by atomic mass is 9.65. The van der Waals surface area contributed by atoms with Gasteiger partial charge in [0.15, 0.2) is 5.03 Å². The standard InChI is InChI=1S/C13H22N4O3S/c1-4-20-11-8-10(13(11,2)3)17-21(18,19)12-9(16-14)6-5-7-15-12/h5-7,10-11,16-17H,4,8,14H2,1-3H3. The molecule has 0 amide bonds. The zero-order valence-electron chi connectivity index (χ0n) is 12.5. The van der Waals surface area contributed by atoms with E-state index in [9.17, 15) is 8.42 Å². The monoisotopic (exact) mass is 314 g/mol. The highest BCUT2D eigenvalue weighted by molar-refractivity contribution is 7.89. The molecule has 1 heterocycles. The average molecular weight is 314 g/mol. The van der Waals surface area contributed by atoms with Gasteiger partial charge in [-0.2, -0.15) is 0 Å². The van der Waals surface area contributed by atoms with Crippen LogP contribution in [0.15, 0.2) is 23.4 Å². The van der Waals surface area contributed by atoms with Crippen LogP contribution in [0.2, 0.25) is 0 Å². The van der Waals surface area contributed by atoms with Gasteiger partial charge in [-0.05, 0) is 25.5 Å². The van der Waals surface area contributed by atoms with E-state index < -0.39 is 10.0 Å². The van der Waals surface area contributed by atoms with Crippen molar-refractivity contribution in [1.82, 2.24) is 9.71 Å². The fourth-order valence-corrected chi connectivity index (χ4v) is 4.03. The number of nitrogens with zero attached hydrogens (tertiary/aromatic N) is 1. The molecule has 1 aromatic rings. The van der Waals surface area contributed by atoms with E-state index in [0.29, 0.717) is 13.0 Å². The lowest BCUT2D eigenvalue weighted by molar-refractivity contribution is -0.108. The van der Waals surface area contributed by atoms with Gasteiger partial charge in [-0.25, -0.2) is 18.1 Å². The van der Waals surface area contributed by atoms with Gasteiger partial charge in [0.25, 0.3) is 10.0 Å². The summed E-state index contributed by atoms with van der Waals surface area (Å²) in [6.45, 7) is 6.53. The number of sulfonamides is 1. The first-order valence-corrected chi connectivity index (χ1v) is 8.36. The number of aromatic nitrogens is 1. The second-order valence-corrected chi connectivity index (χ2v) is 7.30. The molecule has 2 unspecified atom stereocenters. The SMILES string of the molecule is CCOC1CC(NS(=O)(=O)c2ncccc2NN)C1(C)C. The molecule has 4 N–H and O–H groups in total. The summed E-state index contributed by atoms with van der Waals surface area (Å²) >= 11 is 0. The zero-order valence-corrected chi connectivity index (χ0v) is 13.3. The minimum atomic E-state index is -3.73. The van der Waals surface area contributed by atoms with Crippen molar-refractivity contribution >= 4 is 15.7 Å². The summed E-state index contributed by atoms with van der Waals surface area (Å²) in [7, 11) is -3.73. The van der Waals surface area contributed by atoms with Crippen molar-refractivity contribution < 1.29 is 13.2 Å². The van der Waals surface area contributed by atoms with E-state index in [2.05, 4.69) is 15.1 Å². The Labute approximate surface area is 125 Å². The summed E-state index contributed by atoms with van der Waals surface area (Å²) in [5.74, 6) is 5.34. The van der Waals surface area contributed by atoms with Gasteiger partial charge in [0, 0.05) is 24.3 Å². The molecule has 0 saturated heterocycles. The first-order chi connectivity index (χ1) is 9.82. The van der Waals surface area contributed by atoms with E-state index in [1.807, 2.05) is 20.8 Å². The van der Waals surface area contributed by atoms with Gasteiger partial charge in [-0.3, -0.25) is 5.84 Å². The Morgan fingerprint density at radius 2 is 2.24 bits per heavy atom. The van der Waals surface area contributed by atoms with Crippen molar-refractivity contribution in [3.8, 4) is 0 Å². The molecule has 0 aliphatic heterocycles. The van der Waals surface area contributed by atoms with Crippen molar-refractivity contribution in [3.63, 3.8) is 0 Å². The Morgan fingerprint density at radius 3 is 2.81 bits per heavy atom. The van der Waals surface area contributed by atoms with Crippen LogP contribution in [-0.2, 0) is 14.8 Å². The fourth-order valence-electron chi connectivity index (χ4n) is 2.53. The summed E-state index contributed by atoms with van der Waals surface area (Å²) in [6, 6.07) is 3.00. The molecule has 0 bridgehead atoms. The molecule has 1 aliphatic rings. The van der Waals surface area contributed by atoms with Gasteiger partial charge in [-0.15, -0.1) is 0 Å². The molecule has 118 valence electrons. The maximum Gasteiger partial charge on any atom is 0.260 e. The van der Waals surface area contributed by atoms with E-state index >= 15 is 0 Å². The molecule has 1 fully saturated rings. The number of ether oxygens (including phenoxy) is 1. The molecule has 0 radical (unpaired) electrons. The van der Waals surface area contributed by atoms with E-state index in [0.717, 1.165) is 0 Å². The van der Waals surface area contributed by atoms with Crippen LogP contribution >= 0.6 is 0 Å². The number of nitrogen functional groups attached to an aromatic ring is 1. The molecule has 21 heavy (non-hydrogen) atoms. The maximum absolute atomic E-state index is 12.5. The highest BCUT2D eigenvalue weighted by Gasteiger charge is 2.50. The lowest BCUT2D eigenvalue weighted by Gasteiger charge is -2.51. The Hall–Kier alpha value is -1.22. The van der Waals surface area contributed by atoms with Gasteiger partial charge in [0.05, 0.1) is 11.8 Å². The topological polar surface area (TPSA) is 106 Å². The molecule has 7 nitrogen and oxygen atoms in total. The van der Waals surface area contributed by atoms with Crippen molar-refractivity contribution in [3.05, 3.63) is 18.3 Å². The number of rotatable bonds is 6. The highest BCUT2D eigenvalue weighted by Crippen LogP contribution is 2.43. The number of hydrogen-bond donors (Lipinski definition) is 3. The van der Waals surface area contributed by atoms with Crippen molar-refractivity contribution in [2.24, 2.45) is 11.3 Å². The van der Waals surface area contributed by atoms with Crippen LogP contribution in [0.1, 0.15) is 27.2 Å². The molecule has 1 aliphatic carbocycles. The van der Waals surface area contributed by atoms with Crippen LogP contribution in [0, 0.1) is 5.41 Å². The van der Waals surface area contributed by atoms with Crippen molar-refractivity contribution in [2.75, 3.05) is 12.0 Å². The third-order valence-corrected chi connectivity index (χ3v) is 5.45. The van der Waals surface area contributed by atoms with E-state index in [4.69, 9.17) is 10.6 Å². The van der Waals surface area contributed by atoms with Crippen LogP contribution in [0.4, 0.5) is 5.69 Å². The second kappa shape index (κ2) is 5.88. The number of hydrazine groups is 1. The highest BCUT2D eigenvalue weighted by atomic mass is 32.2. The minimum Gasteiger partial charge on any atom is -0.378 e. The summed E-state index contributed by atoms with van der Waals surface area (Å²) in [6.07, 6.45) is 2.13. The summed E-state index contributed by atoms with van der Waals surface area (Å²) in [4.78, 5) is 3.91. The fraction of sp³-hybridized carbons (Fsp3) is 0.615. The molecule has 0 spiro atoms. The van der Waals surface area contributed by atoms with Crippen LogP contribution in [0.5, 0.6) is 0 Å². The van der Waals surface area contributed by atoms with Gasteiger partial charge in [0.1, 0.15) is 0 Å².